The van der Waals surface area contributed by atoms with Gasteiger partial charge in [-0.15, -0.1) is 0 Å². The van der Waals surface area contributed by atoms with Crippen LogP contribution in [0.4, 0.5) is 5.69 Å². The molecule has 1 N–H and O–H groups in total. The van der Waals surface area contributed by atoms with Gasteiger partial charge in [0.1, 0.15) is 0 Å². The van der Waals surface area contributed by atoms with Crippen molar-refractivity contribution >= 4 is 43.5 Å². The van der Waals surface area contributed by atoms with Gasteiger partial charge < -0.3 is 10.1 Å². The van der Waals surface area contributed by atoms with Crippen molar-refractivity contribution in [3.05, 3.63) is 94.0 Å². The van der Waals surface area contributed by atoms with Crippen molar-refractivity contribution in [2.24, 2.45) is 0 Å². The van der Waals surface area contributed by atoms with Gasteiger partial charge in [-0.3, -0.25) is 4.79 Å². The van der Waals surface area contributed by atoms with Crippen LogP contribution in [0, 0.1) is 6.92 Å². The van der Waals surface area contributed by atoms with Gasteiger partial charge in [0.15, 0.2) is 0 Å². The Morgan fingerprint density at radius 3 is 2.15 bits per heavy atom. The van der Waals surface area contributed by atoms with Gasteiger partial charge in [0.05, 0.1) is 23.6 Å². The maximum absolute atomic E-state index is 13.4. The molecule has 0 aromatic heterocycles. The minimum absolute atomic E-state index is 0.0265. The van der Waals surface area contributed by atoms with Gasteiger partial charge in [0.2, 0.25) is 15.9 Å². The number of amides is 1. The molecule has 0 aliphatic heterocycles. The summed E-state index contributed by atoms with van der Waals surface area (Å²) in [5, 5.41) is 2.69. The molecule has 9 heteroatoms. The monoisotopic (exact) mass is 544 g/mol. The minimum Gasteiger partial charge on any atom is -0.462 e. The number of nitrogens with zero attached hydrogens (tertiary/aromatic N) is 1. The molecular weight excluding hydrogens is 520 g/mol. The van der Waals surface area contributed by atoms with Crippen LogP contribution in [0.25, 0.3) is 0 Å². The van der Waals surface area contributed by atoms with Crippen LogP contribution in [0.15, 0.2) is 82.2 Å². The van der Waals surface area contributed by atoms with Crippen molar-refractivity contribution in [2.45, 2.75) is 25.3 Å². The molecule has 1 amide bonds. The molecule has 0 heterocycles. The predicted octanol–water partition coefficient (Wildman–Crippen LogP) is 4.76. The predicted molar refractivity (Wildman–Crippen MR) is 134 cm³/mol. The van der Waals surface area contributed by atoms with Crippen molar-refractivity contribution in [1.82, 2.24) is 4.31 Å². The fraction of sp³-hybridized carbons (Fsp3) is 0.200. The van der Waals surface area contributed by atoms with Crippen LogP contribution in [-0.2, 0) is 26.1 Å². The maximum Gasteiger partial charge on any atom is 0.338 e. The smallest absolute Gasteiger partial charge is 0.338 e. The third-order valence-electron chi connectivity index (χ3n) is 4.93. The molecule has 0 saturated carbocycles. The number of nitrogens with one attached hydrogen (secondary N) is 1. The minimum atomic E-state index is -3.94. The maximum atomic E-state index is 13.4. The summed E-state index contributed by atoms with van der Waals surface area (Å²) in [6.07, 6.45) is 0. The molecule has 0 radical (unpaired) electrons. The number of hydrogen-bond donors (Lipinski definition) is 1. The molecular formula is C25H25BrN2O5S. The van der Waals surface area contributed by atoms with Crippen LogP contribution in [0.3, 0.4) is 0 Å². The van der Waals surface area contributed by atoms with Crippen LogP contribution in [-0.4, -0.2) is 37.8 Å². The summed E-state index contributed by atoms with van der Waals surface area (Å²) in [4.78, 5) is 24.7. The first kappa shape index (κ1) is 25.6. The molecule has 0 aliphatic carbocycles. The number of ether oxygens (including phenoxy) is 1. The largest absolute Gasteiger partial charge is 0.462 e. The normalized spacial score (nSPS) is 11.3. The molecule has 3 aromatic carbocycles. The lowest BCUT2D eigenvalue weighted by molar-refractivity contribution is -0.116. The van der Waals surface area contributed by atoms with E-state index in [1.807, 2.05) is 19.1 Å². The Labute approximate surface area is 207 Å². The number of carbonyl (C=O) groups is 2. The molecule has 0 spiro atoms. The summed E-state index contributed by atoms with van der Waals surface area (Å²) in [7, 11) is -3.94. The second-order valence-corrected chi connectivity index (χ2v) is 10.4. The average molecular weight is 545 g/mol. The van der Waals surface area contributed by atoms with E-state index in [1.165, 1.54) is 24.3 Å². The van der Waals surface area contributed by atoms with E-state index in [4.69, 9.17) is 4.74 Å². The van der Waals surface area contributed by atoms with E-state index in [9.17, 15) is 18.0 Å². The third kappa shape index (κ3) is 6.75. The number of carbonyl (C=O) groups excluding carboxylic acids is 2. The highest BCUT2D eigenvalue weighted by Crippen LogP contribution is 2.21. The molecule has 0 saturated heterocycles. The Hall–Kier alpha value is -3.01. The summed E-state index contributed by atoms with van der Waals surface area (Å²) in [6, 6.07) is 19.9. The Bertz CT molecular complexity index is 1240. The number of hydrogen-bond acceptors (Lipinski definition) is 5. The first-order valence-corrected chi connectivity index (χ1v) is 12.8. The summed E-state index contributed by atoms with van der Waals surface area (Å²) in [5.41, 5.74) is 2.47. The highest BCUT2D eigenvalue weighted by Gasteiger charge is 2.27. The van der Waals surface area contributed by atoms with Crippen molar-refractivity contribution < 1.29 is 22.7 Å². The van der Waals surface area contributed by atoms with E-state index >= 15 is 0 Å². The van der Waals surface area contributed by atoms with Gasteiger partial charge in [-0.05, 0) is 67.9 Å². The summed E-state index contributed by atoms with van der Waals surface area (Å²) in [5.74, 6) is -0.957. The number of sulfonamides is 1. The molecule has 0 aliphatic rings. The van der Waals surface area contributed by atoms with E-state index in [0.29, 0.717) is 11.3 Å². The summed E-state index contributed by atoms with van der Waals surface area (Å²) < 4.78 is 33.7. The lowest BCUT2D eigenvalue weighted by atomic mass is 10.2. The van der Waals surface area contributed by atoms with Crippen LogP contribution >= 0.6 is 15.9 Å². The van der Waals surface area contributed by atoms with Crippen molar-refractivity contribution in [3.8, 4) is 0 Å². The SMILES string of the molecule is CCOC(=O)c1ccc(NC(=O)CN(Cc2ccc(Br)cc2)S(=O)(=O)c2ccc(C)cc2)cc1. The topological polar surface area (TPSA) is 92.8 Å². The Morgan fingerprint density at radius 1 is 0.941 bits per heavy atom. The molecule has 0 unspecified atom stereocenters. The van der Waals surface area contributed by atoms with Gasteiger partial charge in [0.25, 0.3) is 0 Å². The standard InChI is InChI=1S/C25H25BrN2O5S/c1-3-33-25(30)20-8-12-22(13-9-20)27-24(29)17-28(16-19-6-10-21(26)11-7-19)34(31,32)23-14-4-18(2)5-15-23/h4-15H,3,16-17H2,1-2H3,(H,27,29). The van der Waals surface area contributed by atoms with Crippen LogP contribution in [0.5, 0.6) is 0 Å². The number of esters is 1. The number of anilines is 1. The fourth-order valence-electron chi connectivity index (χ4n) is 3.14. The summed E-state index contributed by atoms with van der Waals surface area (Å²) >= 11 is 3.37. The van der Waals surface area contributed by atoms with Crippen molar-refractivity contribution in [2.75, 3.05) is 18.5 Å². The number of benzene rings is 3. The molecule has 178 valence electrons. The third-order valence-corrected chi connectivity index (χ3v) is 7.27. The van der Waals surface area contributed by atoms with Gasteiger partial charge >= 0.3 is 5.97 Å². The van der Waals surface area contributed by atoms with E-state index in [-0.39, 0.29) is 24.6 Å². The molecule has 0 bridgehead atoms. The average Bonchev–Trinajstić information content (AvgIpc) is 2.81. The van der Waals surface area contributed by atoms with Crippen LogP contribution in [0.1, 0.15) is 28.4 Å². The zero-order valence-electron chi connectivity index (χ0n) is 18.8. The van der Waals surface area contributed by atoms with Crippen molar-refractivity contribution in [1.29, 1.82) is 0 Å². The highest BCUT2D eigenvalue weighted by atomic mass is 79.9. The molecule has 0 fully saturated rings. The van der Waals surface area contributed by atoms with E-state index < -0.39 is 21.9 Å². The lowest BCUT2D eigenvalue weighted by Crippen LogP contribution is -2.37. The van der Waals surface area contributed by atoms with Crippen LogP contribution < -0.4 is 5.32 Å². The molecule has 7 nitrogen and oxygen atoms in total. The zero-order valence-corrected chi connectivity index (χ0v) is 21.2. The van der Waals surface area contributed by atoms with Crippen LogP contribution in [0.2, 0.25) is 0 Å². The number of aryl methyl sites for hydroxylation is 1. The zero-order chi connectivity index (χ0) is 24.7. The molecule has 3 rings (SSSR count). The second kappa shape index (κ2) is 11.4. The first-order chi connectivity index (χ1) is 16.2. The number of halogens is 1. The lowest BCUT2D eigenvalue weighted by Gasteiger charge is -2.22. The number of rotatable bonds is 9. The van der Waals surface area contributed by atoms with E-state index in [0.717, 1.165) is 19.9 Å². The quantitative estimate of drug-likeness (QED) is 0.392. The second-order valence-electron chi connectivity index (χ2n) is 7.56. The highest BCUT2D eigenvalue weighted by molar-refractivity contribution is 9.10. The van der Waals surface area contributed by atoms with E-state index in [2.05, 4.69) is 21.2 Å². The van der Waals surface area contributed by atoms with Gasteiger partial charge in [-0.1, -0.05) is 45.8 Å². The van der Waals surface area contributed by atoms with Gasteiger partial charge in [-0.2, -0.15) is 4.31 Å². The van der Waals surface area contributed by atoms with Crippen molar-refractivity contribution in [3.63, 3.8) is 0 Å². The molecule has 34 heavy (non-hydrogen) atoms. The van der Waals surface area contributed by atoms with Gasteiger partial charge in [-0.25, -0.2) is 13.2 Å². The molecule has 3 aromatic rings. The van der Waals surface area contributed by atoms with Gasteiger partial charge in [0, 0.05) is 16.7 Å². The Kier molecular flexibility index (Phi) is 8.60. The Morgan fingerprint density at radius 2 is 1.56 bits per heavy atom. The fourth-order valence-corrected chi connectivity index (χ4v) is 4.79. The molecule has 0 atom stereocenters. The first-order valence-electron chi connectivity index (χ1n) is 10.6. The summed E-state index contributed by atoms with van der Waals surface area (Å²) in [6.45, 7) is 3.50. The van der Waals surface area contributed by atoms with E-state index in [1.54, 1.807) is 43.3 Å². The Balaban J connectivity index is 1.80.